The number of ketones is 1. The number of rotatable bonds is 9. The van der Waals surface area contributed by atoms with Gasteiger partial charge in [0.1, 0.15) is 18.1 Å². The van der Waals surface area contributed by atoms with Crippen molar-refractivity contribution in [1.82, 2.24) is 19.7 Å². The minimum atomic E-state index is -0.838. The van der Waals surface area contributed by atoms with Crippen molar-refractivity contribution in [1.29, 1.82) is 0 Å². The number of aromatic amines is 1. The van der Waals surface area contributed by atoms with Crippen molar-refractivity contribution in [2.75, 3.05) is 26.3 Å². The summed E-state index contributed by atoms with van der Waals surface area (Å²) in [6.07, 6.45) is 3.36. The Morgan fingerprint density at radius 3 is 2.56 bits per heavy atom. The number of likely N-dealkylation sites (tertiary alicyclic amines) is 1. The third-order valence-electron chi connectivity index (χ3n) is 5.35. The van der Waals surface area contributed by atoms with E-state index in [-0.39, 0.29) is 30.3 Å². The molecule has 4 rings (SSSR count). The average Bonchev–Trinajstić information content (AvgIpc) is 3.57. The highest BCUT2D eigenvalue weighted by molar-refractivity contribution is 6.01. The Labute approximate surface area is 195 Å². The van der Waals surface area contributed by atoms with Crippen molar-refractivity contribution in [3.8, 4) is 5.75 Å². The number of carbonyl (C=O) groups excluding carboxylic acids is 3. The van der Waals surface area contributed by atoms with Gasteiger partial charge in [-0.05, 0) is 37.1 Å². The van der Waals surface area contributed by atoms with E-state index < -0.39 is 23.9 Å². The van der Waals surface area contributed by atoms with Crippen molar-refractivity contribution >= 4 is 17.7 Å². The van der Waals surface area contributed by atoms with Gasteiger partial charge < -0.3 is 19.4 Å². The van der Waals surface area contributed by atoms with Crippen molar-refractivity contribution in [3.05, 3.63) is 82.0 Å². The van der Waals surface area contributed by atoms with Gasteiger partial charge >= 0.3 is 5.97 Å². The zero-order valence-electron chi connectivity index (χ0n) is 18.4. The SMILES string of the molecule is O=C(COC(=O)c1ccc(=O)n(CCOc2ccccc2)n1)c1c[nH]c(C(=O)N2CCCC2)c1. The van der Waals surface area contributed by atoms with E-state index in [1.165, 1.54) is 24.4 Å². The monoisotopic (exact) mass is 464 g/mol. The summed E-state index contributed by atoms with van der Waals surface area (Å²) in [5.41, 5.74) is 0.0623. The molecule has 0 atom stereocenters. The first-order valence-electron chi connectivity index (χ1n) is 11.0. The summed E-state index contributed by atoms with van der Waals surface area (Å²) in [4.78, 5) is 53.8. The number of carbonyl (C=O) groups is 3. The van der Waals surface area contributed by atoms with Gasteiger partial charge in [-0.1, -0.05) is 18.2 Å². The van der Waals surface area contributed by atoms with Gasteiger partial charge in [0.25, 0.3) is 11.5 Å². The molecule has 1 aliphatic rings. The van der Waals surface area contributed by atoms with Gasteiger partial charge in [0.2, 0.25) is 5.78 Å². The predicted octanol–water partition coefficient (Wildman–Crippen LogP) is 1.93. The Morgan fingerprint density at radius 2 is 1.79 bits per heavy atom. The molecule has 1 aliphatic heterocycles. The van der Waals surface area contributed by atoms with Crippen molar-refractivity contribution in [2.45, 2.75) is 19.4 Å². The Hall–Kier alpha value is -4.21. The van der Waals surface area contributed by atoms with E-state index in [0.717, 1.165) is 17.5 Å². The zero-order chi connectivity index (χ0) is 23.9. The maximum Gasteiger partial charge on any atom is 0.359 e. The van der Waals surface area contributed by atoms with E-state index in [2.05, 4.69) is 10.1 Å². The number of esters is 1. The molecule has 0 aliphatic carbocycles. The zero-order valence-corrected chi connectivity index (χ0v) is 18.4. The van der Waals surface area contributed by atoms with Gasteiger partial charge in [-0.25, -0.2) is 9.48 Å². The summed E-state index contributed by atoms with van der Waals surface area (Å²) in [6.45, 7) is 1.19. The van der Waals surface area contributed by atoms with Crippen LogP contribution in [-0.4, -0.2) is 63.6 Å². The van der Waals surface area contributed by atoms with Crippen LogP contribution in [-0.2, 0) is 11.3 Å². The minimum absolute atomic E-state index is 0.105. The molecule has 10 heteroatoms. The Bertz CT molecular complexity index is 1230. The molecule has 3 aromatic rings. The summed E-state index contributed by atoms with van der Waals surface area (Å²) in [6, 6.07) is 13.0. The largest absolute Gasteiger partial charge is 0.492 e. The van der Waals surface area contributed by atoms with Crippen LogP contribution < -0.4 is 10.3 Å². The van der Waals surface area contributed by atoms with E-state index in [4.69, 9.17) is 9.47 Å². The molecule has 1 aromatic carbocycles. The van der Waals surface area contributed by atoms with Crippen LogP contribution in [0.25, 0.3) is 0 Å². The first kappa shape index (κ1) is 23.0. The minimum Gasteiger partial charge on any atom is -0.492 e. The molecule has 34 heavy (non-hydrogen) atoms. The smallest absolute Gasteiger partial charge is 0.359 e. The highest BCUT2D eigenvalue weighted by atomic mass is 16.5. The summed E-state index contributed by atoms with van der Waals surface area (Å²) in [7, 11) is 0. The summed E-state index contributed by atoms with van der Waals surface area (Å²) >= 11 is 0. The number of amides is 1. The van der Waals surface area contributed by atoms with Crippen molar-refractivity contribution < 1.29 is 23.9 Å². The summed E-state index contributed by atoms with van der Waals surface area (Å²) in [5, 5.41) is 4.01. The van der Waals surface area contributed by atoms with Crippen LogP contribution in [0.15, 0.2) is 59.5 Å². The number of nitrogens with one attached hydrogen (secondary N) is 1. The maximum absolute atomic E-state index is 12.4. The number of hydrogen-bond donors (Lipinski definition) is 1. The van der Waals surface area contributed by atoms with Gasteiger partial charge in [0.05, 0.1) is 6.54 Å². The molecule has 10 nitrogen and oxygen atoms in total. The second-order valence-electron chi connectivity index (χ2n) is 7.74. The van der Waals surface area contributed by atoms with Gasteiger partial charge in [0, 0.05) is 30.9 Å². The Balaban J connectivity index is 1.31. The number of aromatic nitrogens is 3. The van der Waals surface area contributed by atoms with E-state index in [0.29, 0.717) is 24.5 Å². The number of ether oxygens (including phenoxy) is 2. The molecule has 0 unspecified atom stereocenters. The molecule has 1 fully saturated rings. The highest BCUT2D eigenvalue weighted by Gasteiger charge is 2.22. The van der Waals surface area contributed by atoms with E-state index in [1.54, 1.807) is 17.0 Å². The highest BCUT2D eigenvalue weighted by Crippen LogP contribution is 2.14. The fourth-order valence-electron chi connectivity index (χ4n) is 3.54. The molecule has 1 amide bonds. The van der Waals surface area contributed by atoms with Crippen LogP contribution in [0, 0.1) is 0 Å². The van der Waals surface area contributed by atoms with Crippen LogP contribution in [0.2, 0.25) is 0 Å². The van der Waals surface area contributed by atoms with Crippen molar-refractivity contribution in [3.63, 3.8) is 0 Å². The lowest BCUT2D eigenvalue weighted by Crippen LogP contribution is -2.28. The molecule has 3 heterocycles. The lowest BCUT2D eigenvalue weighted by Gasteiger charge is -2.13. The standard InChI is InChI=1S/C24H24N4O6/c29-21(17-14-20(25-15-17)23(31)27-10-4-5-11-27)16-34-24(32)19-8-9-22(30)28(26-19)12-13-33-18-6-2-1-3-7-18/h1-3,6-9,14-15,25H,4-5,10-13,16H2. The van der Waals surface area contributed by atoms with E-state index in [1.807, 2.05) is 18.2 Å². The average molecular weight is 464 g/mol. The summed E-state index contributed by atoms with van der Waals surface area (Å²) < 4.78 is 11.7. The third kappa shape index (κ3) is 5.58. The fourth-order valence-corrected chi connectivity index (χ4v) is 3.54. The molecular weight excluding hydrogens is 440 g/mol. The molecule has 1 N–H and O–H groups in total. The van der Waals surface area contributed by atoms with Crippen molar-refractivity contribution in [2.24, 2.45) is 0 Å². The molecule has 0 saturated carbocycles. The molecule has 0 bridgehead atoms. The van der Waals surface area contributed by atoms with Gasteiger partial charge in [-0.2, -0.15) is 5.10 Å². The number of para-hydroxylation sites is 1. The molecule has 0 spiro atoms. The predicted molar refractivity (Wildman–Crippen MR) is 121 cm³/mol. The van der Waals surface area contributed by atoms with Crippen LogP contribution in [0.3, 0.4) is 0 Å². The quantitative estimate of drug-likeness (QED) is 0.379. The van der Waals surface area contributed by atoms with Gasteiger partial charge in [-0.15, -0.1) is 0 Å². The van der Waals surface area contributed by atoms with E-state index >= 15 is 0 Å². The maximum atomic E-state index is 12.4. The number of Topliss-reactive ketones (excluding diaryl/α,β-unsaturated/α-hetero) is 1. The van der Waals surface area contributed by atoms with Crippen LogP contribution in [0.4, 0.5) is 0 Å². The first-order chi connectivity index (χ1) is 16.5. The number of benzene rings is 1. The molecule has 1 saturated heterocycles. The number of H-pyrrole nitrogens is 1. The molecular formula is C24H24N4O6. The molecule has 2 aromatic heterocycles. The Kier molecular flexibility index (Phi) is 7.16. The van der Waals surface area contributed by atoms with Crippen LogP contribution in [0.1, 0.15) is 44.2 Å². The lowest BCUT2D eigenvalue weighted by molar-refractivity contribution is 0.0465. The second-order valence-corrected chi connectivity index (χ2v) is 7.74. The fraction of sp³-hybridized carbons (Fsp3) is 0.292. The van der Waals surface area contributed by atoms with Gasteiger partial charge in [-0.3, -0.25) is 14.4 Å². The number of hydrogen-bond acceptors (Lipinski definition) is 7. The lowest BCUT2D eigenvalue weighted by atomic mass is 10.2. The topological polar surface area (TPSA) is 124 Å². The third-order valence-corrected chi connectivity index (χ3v) is 5.35. The van der Waals surface area contributed by atoms with Crippen LogP contribution in [0.5, 0.6) is 5.75 Å². The summed E-state index contributed by atoms with van der Waals surface area (Å²) in [5.74, 6) is -0.805. The molecule has 0 radical (unpaired) electrons. The van der Waals surface area contributed by atoms with Crippen LogP contribution >= 0.6 is 0 Å². The van der Waals surface area contributed by atoms with E-state index in [9.17, 15) is 19.2 Å². The van der Waals surface area contributed by atoms with Gasteiger partial charge in [0.15, 0.2) is 12.3 Å². The Morgan fingerprint density at radius 1 is 1.03 bits per heavy atom. The normalized spacial score (nSPS) is 13.0. The molecule has 176 valence electrons. The second kappa shape index (κ2) is 10.6. The first-order valence-corrected chi connectivity index (χ1v) is 11.0. The number of nitrogens with zero attached hydrogens (tertiary/aromatic N) is 3.